The van der Waals surface area contributed by atoms with Crippen LogP contribution in [0.2, 0.25) is 0 Å². The predicted octanol–water partition coefficient (Wildman–Crippen LogP) is 1.44. The molecule has 0 radical (unpaired) electrons. The minimum atomic E-state index is -0.196. The van der Waals surface area contributed by atoms with E-state index in [1.807, 2.05) is 6.92 Å². The Balaban J connectivity index is 2.49. The number of hydrogen-bond donors (Lipinski definition) is 0. The standard InChI is InChI=1S/C12H21NO3/c1-4-5-6-11(14)13-7-9(2)10(8-13)12(15)16-3/h9-10H,4-8H2,1-3H3. The molecule has 0 spiro atoms. The van der Waals surface area contributed by atoms with Gasteiger partial charge in [0.2, 0.25) is 5.91 Å². The molecule has 1 fully saturated rings. The van der Waals surface area contributed by atoms with Gasteiger partial charge >= 0.3 is 5.97 Å². The largest absolute Gasteiger partial charge is 0.469 e. The van der Waals surface area contributed by atoms with Crippen molar-refractivity contribution in [1.82, 2.24) is 4.90 Å². The van der Waals surface area contributed by atoms with E-state index >= 15 is 0 Å². The van der Waals surface area contributed by atoms with Crippen molar-refractivity contribution < 1.29 is 14.3 Å². The molecule has 0 aromatic heterocycles. The van der Waals surface area contributed by atoms with Gasteiger partial charge in [-0.1, -0.05) is 20.3 Å². The lowest BCUT2D eigenvalue weighted by molar-refractivity contribution is -0.146. The van der Waals surface area contributed by atoms with E-state index in [0.29, 0.717) is 19.5 Å². The van der Waals surface area contributed by atoms with Gasteiger partial charge in [-0.2, -0.15) is 0 Å². The summed E-state index contributed by atoms with van der Waals surface area (Å²) in [6, 6.07) is 0. The third-order valence-electron chi connectivity index (χ3n) is 3.21. The first-order valence-corrected chi connectivity index (χ1v) is 5.95. The first kappa shape index (κ1) is 13.0. The van der Waals surface area contributed by atoms with E-state index in [1.54, 1.807) is 4.90 Å². The van der Waals surface area contributed by atoms with Crippen LogP contribution in [-0.2, 0) is 14.3 Å². The molecule has 16 heavy (non-hydrogen) atoms. The molecular weight excluding hydrogens is 206 g/mol. The van der Waals surface area contributed by atoms with Gasteiger partial charge in [0, 0.05) is 19.5 Å². The number of unbranched alkanes of at least 4 members (excludes halogenated alkanes) is 1. The van der Waals surface area contributed by atoms with Crippen LogP contribution >= 0.6 is 0 Å². The average Bonchev–Trinajstić information content (AvgIpc) is 2.67. The molecule has 2 atom stereocenters. The first-order chi connectivity index (χ1) is 7.60. The monoisotopic (exact) mass is 227 g/mol. The lowest BCUT2D eigenvalue weighted by Crippen LogP contribution is -2.29. The number of methoxy groups -OCH3 is 1. The van der Waals surface area contributed by atoms with Crippen LogP contribution in [0.3, 0.4) is 0 Å². The number of carbonyl (C=O) groups is 2. The lowest BCUT2D eigenvalue weighted by atomic mass is 9.99. The van der Waals surface area contributed by atoms with Crippen molar-refractivity contribution in [3.8, 4) is 0 Å². The van der Waals surface area contributed by atoms with Crippen molar-refractivity contribution >= 4 is 11.9 Å². The number of likely N-dealkylation sites (tertiary alicyclic amines) is 1. The van der Waals surface area contributed by atoms with Crippen molar-refractivity contribution in [1.29, 1.82) is 0 Å². The van der Waals surface area contributed by atoms with Crippen LogP contribution in [0.5, 0.6) is 0 Å². The van der Waals surface area contributed by atoms with Crippen LogP contribution in [0.4, 0.5) is 0 Å². The number of amides is 1. The molecule has 1 amide bonds. The molecule has 2 unspecified atom stereocenters. The third-order valence-corrected chi connectivity index (χ3v) is 3.21. The second-order valence-corrected chi connectivity index (χ2v) is 4.51. The van der Waals surface area contributed by atoms with Gasteiger partial charge in [-0.3, -0.25) is 9.59 Å². The van der Waals surface area contributed by atoms with Gasteiger partial charge in [0.15, 0.2) is 0 Å². The normalized spacial score (nSPS) is 24.6. The maximum Gasteiger partial charge on any atom is 0.310 e. The Morgan fingerprint density at radius 2 is 2.06 bits per heavy atom. The molecule has 92 valence electrons. The Bertz CT molecular complexity index is 265. The molecule has 0 N–H and O–H groups in total. The van der Waals surface area contributed by atoms with E-state index in [0.717, 1.165) is 12.8 Å². The van der Waals surface area contributed by atoms with Crippen LogP contribution in [0.25, 0.3) is 0 Å². The average molecular weight is 227 g/mol. The van der Waals surface area contributed by atoms with Crippen molar-refractivity contribution in [2.45, 2.75) is 33.1 Å². The van der Waals surface area contributed by atoms with Gasteiger partial charge in [0.1, 0.15) is 0 Å². The zero-order chi connectivity index (χ0) is 12.1. The molecule has 0 aliphatic carbocycles. The van der Waals surface area contributed by atoms with Gasteiger partial charge < -0.3 is 9.64 Å². The summed E-state index contributed by atoms with van der Waals surface area (Å²) in [5.41, 5.74) is 0. The van der Waals surface area contributed by atoms with Crippen LogP contribution in [0, 0.1) is 11.8 Å². The van der Waals surface area contributed by atoms with E-state index in [4.69, 9.17) is 4.74 Å². The van der Waals surface area contributed by atoms with Gasteiger partial charge in [0.25, 0.3) is 0 Å². The minimum Gasteiger partial charge on any atom is -0.469 e. The summed E-state index contributed by atoms with van der Waals surface area (Å²) >= 11 is 0. The van der Waals surface area contributed by atoms with Crippen LogP contribution < -0.4 is 0 Å². The second-order valence-electron chi connectivity index (χ2n) is 4.51. The zero-order valence-corrected chi connectivity index (χ0v) is 10.4. The number of nitrogens with zero attached hydrogens (tertiary/aromatic N) is 1. The van der Waals surface area contributed by atoms with Crippen molar-refractivity contribution in [2.75, 3.05) is 20.2 Å². The highest BCUT2D eigenvalue weighted by atomic mass is 16.5. The first-order valence-electron chi connectivity index (χ1n) is 5.95. The van der Waals surface area contributed by atoms with Gasteiger partial charge in [-0.05, 0) is 12.3 Å². The summed E-state index contributed by atoms with van der Waals surface area (Å²) in [4.78, 5) is 25.0. The Labute approximate surface area is 96.9 Å². The summed E-state index contributed by atoms with van der Waals surface area (Å²) in [7, 11) is 1.40. The molecule has 0 aromatic carbocycles. The fraction of sp³-hybridized carbons (Fsp3) is 0.833. The van der Waals surface area contributed by atoms with Gasteiger partial charge in [-0.15, -0.1) is 0 Å². The highest BCUT2D eigenvalue weighted by Gasteiger charge is 2.37. The molecule has 0 bridgehead atoms. The van der Waals surface area contributed by atoms with Crippen LogP contribution in [-0.4, -0.2) is 37.0 Å². The van der Waals surface area contributed by atoms with Crippen LogP contribution in [0.15, 0.2) is 0 Å². The number of rotatable bonds is 4. The Morgan fingerprint density at radius 1 is 1.38 bits per heavy atom. The van der Waals surface area contributed by atoms with Gasteiger partial charge in [0.05, 0.1) is 13.0 Å². The van der Waals surface area contributed by atoms with E-state index < -0.39 is 0 Å². The molecular formula is C12H21NO3. The zero-order valence-electron chi connectivity index (χ0n) is 10.4. The molecule has 1 aliphatic rings. The molecule has 1 saturated heterocycles. The quantitative estimate of drug-likeness (QED) is 0.683. The SMILES string of the molecule is CCCCC(=O)N1CC(C)C(C(=O)OC)C1. The fourth-order valence-electron chi connectivity index (χ4n) is 2.11. The predicted molar refractivity (Wildman–Crippen MR) is 60.8 cm³/mol. The Morgan fingerprint density at radius 3 is 2.62 bits per heavy atom. The number of esters is 1. The summed E-state index contributed by atoms with van der Waals surface area (Å²) in [5.74, 6) is 0.0343. The van der Waals surface area contributed by atoms with E-state index in [1.165, 1.54) is 7.11 Å². The number of hydrogen-bond acceptors (Lipinski definition) is 3. The highest BCUT2D eigenvalue weighted by Crippen LogP contribution is 2.24. The molecule has 4 heteroatoms. The summed E-state index contributed by atoms with van der Waals surface area (Å²) in [6.07, 6.45) is 2.54. The second kappa shape index (κ2) is 5.87. The molecule has 1 rings (SSSR count). The molecule has 0 aromatic rings. The smallest absolute Gasteiger partial charge is 0.310 e. The Hall–Kier alpha value is -1.06. The topological polar surface area (TPSA) is 46.6 Å². The molecule has 0 saturated carbocycles. The van der Waals surface area contributed by atoms with Crippen molar-refractivity contribution in [2.24, 2.45) is 11.8 Å². The third kappa shape index (κ3) is 2.97. The summed E-state index contributed by atoms with van der Waals surface area (Å²) in [5, 5.41) is 0. The summed E-state index contributed by atoms with van der Waals surface area (Å²) in [6.45, 7) is 5.27. The summed E-state index contributed by atoms with van der Waals surface area (Å²) < 4.78 is 4.74. The fourth-order valence-corrected chi connectivity index (χ4v) is 2.11. The minimum absolute atomic E-state index is 0.143. The van der Waals surface area contributed by atoms with E-state index in [-0.39, 0.29) is 23.7 Å². The van der Waals surface area contributed by atoms with Gasteiger partial charge in [-0.25, -0.2) is 0 Å². The van der Waals surface area contributed by atoms with Crippen molar-refractivity contribution in [3.05, 3.63) is 0 Å². The van der Waals surface area contributed by atoms with E-state index in [2.05, 4.69) is 6.92 Å². The number of ether oxygens (including phenoxy) is 1. The molecule has 1 heterocycles. The maximum atomic E-state index is 11.8. The molecule has 4 nitrogen and oxygen atoms in total. The maximum absolute atomic E-state index is 11.8. The van der Waals surface area contributed by atoms with Crippen LogP contribution in [0.1, 0.15) is 33.1 Å². The van der Waals surface area contributed by atoms with E-state index in [9.17, 15) is 9.59 Å². The van der Waals surface area contributed by atoms with Crippen molar-refractivity contribution in [3.63, 3.8) is 0 Å². The number of carbonyl (C=O) groups excluding carboxylic acids is 2. The highest BCUT2D eigenvalue weighted by molar-refractivity contribution is 5.79. The molecule has 1 aliphatic heterocycles. The Kier molecular flexibility index (Phi) is 4.77. The lowest BCUT2D eigenvalue weighted by Gasteiger charge is -2.15.